The van der Waals surface area contributed by atoms with Crippen LogP contribution in [-0.2, 0) is 25.9 Å². The van der Waals surface area contributed by atoms with Crippen LogP contribution in [0.4, 0.5) is 0 Å². The third kappa shape index (κ3) is 26.0. The summed E-state index contributed by atoms with van der Waals surface area (Å²) in [7, 11) is 5.69. The second kappa shape index (κ2) is 49.8. The molecule has 24 aromatic rings. The minimum absolute atomic E-state index is 0.559. The lowest BCUT2D eigenvalue weighted by molar-refractivity contribution is 0.1000. The fourth-order valence-electron chi connectivity index (χ4n) is 13.4. The molecule has 0 spiro atoms. The van der Waals surface area contributed by atoms with Crippen LogP contribution in [0.25, 0.3) is 91.9 Å². The molecule has 0 radical (unpaired) electrons. The van der Waals surface area contributed by atoms with E-state index in [2.05, 4.69) is 201 Å². The average molecular weight is 2190 g/mol. The molecule has 708 valence electrons. The van der Waals surface area contributed by atoms with Crippen molar-refractivity contribution in [3.8, 4) is 0 Å². The average Bonchev–Trinajstić information content (AvgIpc) is 1.71. The number of tetrazole rings is 2. The Kier molecular flexibility index (Phi) is 34.9. The van der Waals surface area contributed by atoms with Gasteiger partial charge in [-0.3, -0.25) is 5.10 Å². The summed E-state index contributed by atoms with van der Waals surface area (Å²) in [5.41, 5.74) is 9.09. The maximum atomic E-state index is 5.37. The number of thiophene rings is 9. The Bertz CT molecular complexity index is 7340. The molecule has 37 nitrogen and oxygen atoms in total. The maximum absolute atomic E-state index is 5.37. The molecule has 55 heteroatoms. The molecule has 1 saturated heterocycles. The Labute approximate surface area is 870 Å². The summed E-state index contributed by atoms with van der Waals surface area (Å²) in [6.07, 6.45) is 39.5. The van der Waals surface area contributed by atoms with Crippen LogP contribution in [0.5, 0.6) is 0 Å². The molecule has 25 heterocycles. The molecule has 3 fully saturated rings. The van der Waals surface area contributed by atoms with Crippen LogP contribution in [0.2, 0.25) is 0 Å². The van der Waals surface area contributed by atoms with Gasteiger partial charge in [-0.15, -0.1) is 163 Å². The maximum Gasteiger partial charge on any atom is 0.237 e. The van der Waals surface area contributed by atoms with Gasteiger partial charge in [0.1, 0.15) is 115 Å². The Balaban J connectivity index is 0.000000100. The van der Waals surface area contributed by atoms with Gasteiger partial charge in [-0.2, -0.15) is 10.3 Å². The topological polar surface area (TPSA) is 458 Å². The summed E-state index contributed by atoms with van der Waals surface area (Å²) in [5, 5.41) is 73.5. The molecule has 0 bridgehead atoms. The highest BCUT2D eigenvalue weighted by Gasteiger charge is 2.23. The summed E-state index contributed by atoms with van der Waals surface area (Å²) < 4.78 is 21.1. The zero-order chi connectivity index (χ0) is 94.8. The number of aromatic amines is 3. The molecule has 140 heavy (non-hydrogen) atoms. The van der Waals surface area contributed by atoms with Crippen molar-refractivity contribution >= 4 is 300 Å². The quantitative estimate of drug-likeness (QED) is 0.0672. The van der Waals surface area contributed by atoms with E-state index in [0.29, 0.717) is 15.6 Å². The minimum atomic E-state index is 0.559. The standard InChI is InChI=1S/C12H14N2S2.C11H12N2OS2.C11H12N2S2.C10H8N4S2.C9H7N5S2.C9H6N4S2.C8H6N6S2.C8H5N5S2.C7H4N6S2/c1-2-4-9(5-3-1)16-12-11-10(6-7-15-11)13-8-14-12;1-4-14-5-2-8(1)16-11-10-9(3-6-15-10)12-7-13-11;1-2-4-8(3-1)15-11-10-9(5-6-14-10)12-7-13-11;1-14-4-3-11-10(14)16-9-8-7(2-5-15-8)12-6-13-9;1-14-5-12-13-9(14)16-8-7-6(2-3-15-7)10-4-11-8;1-4-14-7-6(1)12-5-13-8(7)15-9-10-2-3-11-9;1-14-8(11-12-13-14)16-7-6-5(2-3-15-6)9-4-10-7;1-2-14-6-5(1)9-3-10-7(6)15-8-11-4-12-13-8;1-2-14-5-4(1)8-3-9-6(5)15-7-10-12-13-11-7/h6-9H,1-5H2;3,6-8H,1-2,4-5H2;5-8H,1-4H2;2-6H,1H3;2-5H,1H3;1-5H,(H,10,11);2-4H,1H3;1-4H,(H,11,12,13);1-3H,(H,10,11,12,13). The van der Waals surface area contributed by atoms with Crippen molar-refractivity contribution in [2.24, 2.45) is 21.1 Å². The molecule has 27 rings (SSSR count). The Hall–Kier alpha value is -10.7. The van der Waals surface area contributed by atoms with Crippen LogP contribution < -0.4 is 0 Å². The summed E-state index contributed by atoms with van der Waals surface area (Å²) in [6.45, 7) is 1.77. The molecule has 0 unspecified atom stereocenters. The SMILES string of the molecule is Cn1ccnc1Sc1ncnc2ccsc12.Cn1cnnc1Sc1ncnc2ccsc12.Cn1nnnc1Sc1ncnc2ccsc12.c1c[nH]c(Sc2ncnc3ccsc23)n1.c1n[nH]c(Sc2ncnc3ccsc23)n1.c1nc(SC2CCCC2)c2sccc2n1.c1nc(SC2CCCCC2)c2sccc2n1.c1nc(SC2CCOCC2)c2sccc2n1.c1nc(Sc2nn[nH]n2)c2sccc2n1. The van der Waals surface area contributed by atoms with E-state index in [-0.39, 0.29) is 0 Å². The highest BCUT2D eigenvalue weighted by Crippen LogP contribution is 2.43. The number of fused-ring (bicyclic) bond motifs is 9. The first kappa shape index (κ1) is 98.1. The monoisotopic (exact) mass is 2190 g/mol. The molecule has 0 amide bonds. The van der Waals surface area contributed by atoms with Gasteiger partial charge in [-0.25, -0.2) is 109 Å². The fourth-order valence-corrected chi connectivity index (χ4v) is 30.2. The van der Waals surface area contributed by atoms with Crippen LogP contribution >= 0.6 is 208 Å². The number of aromatic nitrogens is 36. The van der Waals surface area contributed by atoms with Gasteiger partial charge in [0.2, 0.25) is 10.3 Å². The van der Waals surface area contributed by atoms with Crippen molar-refractivity contribution in [1.82, 2.24) is 180 Å². The van der Waals surface area contributed by atoms with Crippen molar-refractivity contribution in [2.75, 3.05) is 13.2 Å². The third-order valence-electron chi connectivity index (χ3n) is 20.1. The highest BCUT2D eigenvalue weighted by molar-refractivity contribution is 8.01. The van der Waals surface area contributed by atoms with Gasteiger partial charge in [0, 0.05) is 74.9 Å². The predicted octanol–water partition coefficient (Wildman–Crippen LogP) is 22.6. The van der Waals surface area contributed by atoms with Crippen LogP contribution in [0.3, 0.4) is 0 Å². The molecule has 2 saturated carbocycles. The lowest BCUT2D eigenvalue weighted by Crippen LogP contribution is -2.17. The summed E-state index contributed by atoms with van der Waals surface area (Å²) in [5.74, 6) is 0. The van der Waals surface area contributed by atoms with Gasteiger partial charge >= 0.3 is 0 Å². The summed E-state index contributed by atoms with van der Waals surface area (Å²) in [4.78, 5) is 92.2. The first-order valence-electron chi connectivity index (χ1n) is 42.5. The Morgan fingerprint density at radius 3 is 1.04 bits per heavy atom. The zero-order valence-corrected chi connectivity index (χ0v) is 88.2. The van der Waals surface area contributed by atoms with Crippen molar-refractivity contribution in [1.29, 1.82) is 0 Å². The molecule has 0 aromatic carbocycles. The van der Waals surface area contributed by atoms with Gasteiger partial charge in [0.05, 0.1) is 91.9 Å². The number of imidazole rings is 2. The molecule has 3 aliphatic rings. The number of aryl methyl sites for hydroxylation is 3. The fraction of sp³-hybridized carbons (Fsp3) is 0.224. The molecular weight excluding hydrogens is 2120 g/mol. The van der Waals surface area contributed by atoms with Gasteiger partial charge in [0.25, 0.3) is 0 Å². The van der Waals surface area contributed by atoms with Gasteiger partial charge < -0.3 is 18.9 Å². The number of rotatable bonds is 18. The van der Waals surface area contributed by atoms with Crippen LogP contribution in [0.1, 0.15) is 70.6 Å². The first-order chi connectivity index (χ1) is 69.1. The second-order valence-electron chi connectivity index (χ2n) is 29.3. The smallest absolute Gasteiger partial charge is 0.237 e. The molecular formula is C85H74N36OS18. The minimum Gasteiger partial charge on any atom is -0.381 e. The number of H-pyrrole nitrogens is 3. The Morgan fingerprint density at radius 2 is 0.693 bits per heavy atom. The Morgan fingerprint density at radius 1 is 0.329 bits per heavy atom. The van der Waals surface area contributed by atoms with E-state index < -0.39 is 0 Å². The summed E-state index contributed by atoms with van der Waals surface area (Å²) in [6, 6.07) is 18.1. The van der Waals surface area contributed by atoms with E-state index in [1.54, 1.807) is 201 Å². The third-order valence-corrected chi connectivity index (χ3v) is 39.3. The van der Waals surface area contributed by atoms with Gasteiger partial charge in [-0.1, -0.05) is 32.1 Å². The molecule has 3 N–H and O–H groups in total. The molecule has 2 aliphatic carbocycles. The second-order valence-corrected chi connectivity index (χ2v) is 47.2. The van der Waals surface area contributed by atoms with E-state index >= 15 is 0 Å². The largest absolute Gasteiger partial charge is 0.381 e. The highest BCUT2D eigenvalue weighted by atomic mass is 32.2. The lowest BCUT2D eigenvalue weighted by Gasteiger charge is -2.20. The number of nitrogens with one attached hydrogen (secondary N) is 3. The number of ether oxygens (including phenoxy) is 1. The normalized spacial score (nSPS) is 13.3. The van der Waals surface area contributed by atoms with Crippen LogP contribution in [0.15, 0.2) is 274 Å². The molecule has 0 atom stereocenters. The van der Waals surface area contributed by atoms with Crippen molar-refractivity contribution < 1.29 is 4.74 Å². The van der Waals surface area contributed by atoms with E-state index in [4.69, 9.17) is 4.74 Å². The number of hydrogen-bond acceptors (Lipinski definition) is 49. The number of thioether (sulfide) groups is 3. The van der Waals surface area contributed by atoms with Crippen molar-refractivity contribution in [3.05, 3.63) is 197 Å². The zero-order valence-electron chi connectivity index (χ0n) is 73.5. The van der Waals surface area contributed by atoms with Crippen LogP contribution in [-0.4, -0.2) is 209 Å². The molecule has 1 aliphatic heterocycles. The summed E-state index contributed by atoms with van der Waals surface area (Å²) >= 11 is 29.7. The van der Waals surface area contributed by atoms with E-state index in [9.17, 15) is 0 Å². The predicted molar refractivity (Wildman–Crippen MR) is 564 cm³/mol. The van der Waals surface area contributed by atoms with Crippen molar-refractivity contribution in [3.63, 3.8) is 0 Å². The lowest BCUT2D eigenvalue weighted by atomic mass is 10.0. The van der Waals surface area contributed by atoms with Gasteiger partial charge in [0.15, 0.2) is 20.6 Å². The first-order valence-corrected chi connectivity index (χ1v) is 58.0. The molecule has 24 aromatic heterocycles. The number of nitrogens with zero attached hydrogens (tertiary/aromatic N) is 33. The van der Waals surface area contributed by atoms with E-state index in [1.807, 2.05) is 133 Å². The van der Waals surface area contributed by atoms with E-state index in [1.165, 1.54) is 153 Å². The van der Waals surface area contributed by atoms with Gasteiger partial charge in [-0.05, 0) is 228 Å². The van der Waals surface area contributed by atoms with Crippen LogP contribution in [0, 0.1) is 0 Å². The number of hydrogen-bond donors (Lipinski definition) is 3. The van der Waals surface area contributed by atoms with E-state index in [0.717, 1.165) is 170 Å². The van der Waals surface area contributed by atoms with Crippen molar-refractivity contribution in [2.45, 2.75) is 163 Å².